The molecule has 2 aromatic rings. The van der Waals surface area contributed by atoms with E-state index in [1.54, 1.807) is 18.3 Å². The van der Waals surface area contributed by atoms with E-state index in [1.807, 2.05) is 42.5 Å². The minimum absolute atomic E-state index is 0.177. The maximum Gasteiger partial charge on any atom is 0.259 e. The molecule has 0 spiro atoms. The van der Waals surface area contributed by atoms with Crippen molar-refractivity contribution in [1.29, 1.82) is 5.26 Å². The Bertz CT molecular complexity index is 762. The van der Waals surface area contributed by atoms with E-state index in [-0.39, 0.29) is 5.91 Å². The van der Waals surface area contributed by atoms with Crippen LogP contribution in [0.15, 0.2) is 59.2 Å². The summed E-state index contributed by atoms with van der Waals surface area (Å²) in [4.78, 5) is 14.1. The van der Waals surface area contributed by atoms with Crippen molar-refractivity contribution in [2.45, 2.75) is 6.04 Å². The van der Waals surface area contributed by atoms with E-state index in [4.69, 9.17) is 0 Å². The molecule has 3 nitrogen and oxygen atoms in total. The Morgan fingerprint density at radius 2 is 1.95 bits per heavy atom. The van der Waals surface area contributed by atoms with Crippen molar-refractivity contribution in [2.75, 3.05) is 0 Å². The molecule has 1 amide bonds. The number of nitrogens with zero attached hydrogens (tertiary/aromatic N) is 2. The van der Waals surface area contributed by atoms with Crippen molar-refractivity contribution in [3.05, 3.63) is 75.9 Å². The number of benzene rings is 2. The molecule has 102 valence electrons. The first-order valence-electron chi connectivity index (χ1n) is 6.45. The maximum atomic E-state index is 12.6. The second kappa shape index (κ2) is 5.55. The van der Waals surface area contributed by atoms with E-state index in [1.165, 1.54) is 4.90 Å². The van der Waals surface area contributed by atoms with Gasteiger partial charge in [-0.15, -0.1) is 0 Å². The zero-order chi connectivity index (χ0) is 14.8. The van der Waals surface area contributed by atoms with Gasteiger partial charge in [0.25, 0.3) is 5.91 Å². The average molecular weight is 339 g/mol. The van der Waals surface area contributed by atoms with Crippen LogP contribution in [0.3, 0.4) is 0 Å². The molecule has 0 radical (unpaired) electrons. The summed E-state index contributed by atoms with van der Waals surface area (Å²) in [5, 5.41) is 9.50. The molecule has 0 N–H and O–H groups in total. The van der Waals surface area contributed by atoms with E-state index >= 15 is 0 Å². The maximum absolute atomic E-state index is 12.6. The smallest absolute Gasteiger partial charge is 0.259 e. The summed E-state index contributed by atoms with van der Waals surface area (Å²) in [6.45, 7) is 0. The van der Waals surface area contributed by atoms with Crippen LogP contribution in [0.2, 0.25) is 0 Å². The van der Waals surface area contributed by atoms with Gasteiger partial charge in [-0.2, -0.15) is 5.26 Å². The highest BCUT2D eigenvalue weighted by atomic mass is 79.9. The molecule has 0 aromatic heterocycles. The number of hydrogen-bond donors (Lipinski definition) is 0. The molecule has 0 saturated carbocycles. The third-order valence-corrected chi connectivity index (χ3v) is 3.91. The number of rotatable bonds is 1. The third kappa shape index (κ3) is 2.48. The van der Waals surface area contributed by atoms with Crippen LogP contribution in [0, 0.1) is 11.3 Å². The number of hydrogen-bond acceptors (Lipinski definition) is 2. The first-order chi connectivity index (χ1) is 10.2. The molecular formula is C17H11BrN2O. The first kappa shape index (κ1) is 13.6. The highest BCUT2D eigenvalue weighted by Crippen LogP contribution is 2.32. The van der Waals surface area contributed by atoms with Gasteiger partial charge in [-0.3, -0.25) is 9.69 Å². The molecule has 3 rings (SSSR count). The van der Waals surface area contributed by atoms with E-state index in [2.05, 4.69) is 22.0 Å². The van der Waals surface area contributed by atoms with Gasteiger partial charge in [-0.05, 0) is 41.5 Å². The molecular weight excluding hydrogens is 328 g/mol. The summed E-state index contributed by atoms with van der Waals surface area (Å²) in [6.07, 6.45) is 3.54. The zero-order valence-corrected chi connectivity index (χ0v) is 12.6. The van der Waals surface area contributed by atoms with Crippen molar-refractivity contribution in [1.82, 2.24) is 4.90 Å². The fourth-order valence-corrected chi connectivity index (χ4v) is 2.76. The van der Waals surface area contributed by atoms with Gasteiger partial charge >= 0.3 is 0 Å². The predicted molar refractivity (Wildman–Crippen MR) is 84.1 cm³/mol. The van der Waals surface area contributed by atoms with Crippen molar-refractivity contribution in [2.24, 2.45) is 0 Å². The predicted octanol–water partition coefficient (Wildman–Crippen LogP) is 4.14. The van der Waals surface area contributed by atoms with Gasteiger partial charge in [-0.25, -0.2) is 0 Å². The van der Waals surface area contributed by atoms with Crippen LogP contribution in [-0.2, 0) is 0 Å². The summed E-state index contributed by atoms with van der Waals surface area (Å²) in [6, 6.07) is 16.3. The second-order valence-electron chi connectivity index (χ2n) is 4.70. The Morgan fingerprint density at radius 3 is 2.67 bits per heavy atom. The van der Waals surface area contributed by atoms with Gasteiger partial charge in [0.2, 0.25) is 0 Å². The zero-order valence-electron chi connectivity index (χ0n) is 11.0. The topological polar surface area (TPSA) is 44.1 Å². The van der Waals surface area contributed by atoms with Gasteiger partial charge in [0.15, 0.2) is 0 Å². The molecule has 1 atom stereocenters. The lowest BCUT2D eigenvalue weighted by molar-refractivity contribution is 0.0794. The molecule has 0 bridgehead atoms. The molecule has 2 aromatic carbocycles. The lowest BCUT2D eigenvalue weighted by Crippen LogP contribution is -2.31. The van der Waals surface area contributed by atoms with E-state index in [0.29, 0.717) is 5.56 Å². The van der Waals surface area contributed by atoms with Crippen LogP contribution in [0.4, 0.5) is 0 Å². The number of halogens is 1. The monoisotopic (exact) mass is 338 g/mol. The average Bonchev–Trinajstić information content (AvgIpc) is 2.53. The lowest BCUT2D eigenvalue weighted by Gasteiger charge is -2.28. The molecule has 1 unspecified atom stereocenters. The molecule has 1 heterocycles. The fraction of sp³-hybridized carbons (Fsp3) is 0.0588. The standard InChI is InChI=1S/C17H11BrN2O/c18-14-7-6-12-8-9-20(16(11-19)15(12)10-14)17(21)13-4-2-1-3-5-13/h1-10,16H. The summed E-state index contributed by atoms with van der Waals surface area (Å²) in [7, 11) is 0. The number of fused-ring (bicyclic) bond motifs is 1. The van der Waals surface area contributed by atoms with Crippen LogP contribution in [0.1, 0.15) is 27.5 Å². The van der Waals surface area contributed by atoms with Crippen LogP contribution in [-0.4, -0.2) is 10.8 Å². The Kier molecular flexibility index (Phi) is 3.59. The van der Waals surface area contributed by atoms with Crippen LogP contribution < -0.4 is 0 Å². The summed E-state index contributed by atoms with van der Waals surface area (Å²) in [5.41, 5.74) is 2.36. The van der Waals surface area contributed by atoms with Gasteiger partial charge in [0.05, 0.1) is 6.07 Å². The Morgan fingerprint density at radius 1 is 1.19 bits per heavy atom. The van der Waals surface area contributed by atoms with Crippen molar-refractivity contribution in [3.8, 4) is 6.07 Å². The first-order valence-corrected chi connectivity index (χ1v) is 7.25. The number of nitriles is 1. The third-order valence-electron chi connectivity index (χ3n) is 3.41. The molecule has 4 heteroatoms. The molecule has 0 fully saturated rings. The largest absolute Gasteiger partial charge is 0.294 e. The highest BCUT2D eigenvalue weighted by molar-refractivity contribution is 9.10. The number of carbonyl (C=O) groups excluding carboxylic acids is 1. The Labute approximate surface area is 131 Å². The minimum Gasteiger partial charge on any atom is -0.294 e. The van der Waals surface area contributed by atoms with E-state index in [9.17, 15) is 10.1 Å². The summed E-state index contributed by atoms with van der Waals surface area (Å²) >= 11 is 3.41. The number of carbonyl (C=O) groups is 1. The van der Waals surface area contributed by atoms with Crippen molar-refractivity contribution < 1.29 is 4.79 Å². The SMILES string of the molecule is N#CC1c2cc(Br)ccc2C=CN1C(=O)c1ccccc1. The molecule has 1 aliphatic heterocycles. The molecule has 1 aliphatic rings. The van der Waals surface area contributed by atoms with E-state index < -0.39 is 6.04 Å². The van der Waals surface area contributed by atoms with Gasteiger partial charge in [0, 0.05) is 16.2 Å². The Balaban J connectivity index is 2.02. The fourth-order valence-electron chi connectivity index (χ4n) is 2.38. The quantitative estimate of drug-likeness (QED) is 0.784. The summed E-state index contributed by atoms with van der Waals surface area (Å²) < 4.78 is 0.893. The van der Waals surface area contributed by atoms with Crippen LogP contribution in [0.5, 0.6) is 0 Å². The Hall–Kier alpha value is -2.38. The highest BCUT2D eigenvalue weighted by Gasteiger charge is 2.28. The van der Waals surface area contributed by atoms with Gasteiger partial charge < -0.3 is 0 Å². The normalized spacial score (nSPS) is 16.2. The van der Waals surface area contributed by atoms with Crippen LogP contribution in [0.25, 0.3) is 6.08 Å². The van der Waals surface area contributed by atoms with Gasteiger partial charge in [0.1, 0.15) is 6.04 Å². The number of amides is 1. The molecule has 0 aliphatic carbocycles. The second-order valence-corrected chi connectivity index (χ2v) is 5.61. The summed E-state index contributed by atoms with van der Waals surface area (Å²) in [5.74, 6) is -0.177. The molecule has 0 saturated heterocycles. The van der Waals surface area contributed by atoms with E-state index in [0.717, 1.165) is 15.6 Å². The van der Waals surface area contributed by atoms with Crippen molar-refractivity contribution in [3.63, 3.8) is 0 Å². The van der Waals surface area contributed by atoms with Crippen LogP contribution >= 0.6 is 15.9 Å². The minimum atomic E-state index is -0.616. The molecule has 21 heavy (non-hydrogen) atoms. The van der Waals surface area contributed by atoms with Crippen molar-refractivity contribution >= 4 is 27.9 Å². The lowest BCUT2D eigenvalue weighted by atomic mass is 9.96. The van der Waals surface area contributed by atoms with Gasteiger partial charge in [-0.1, -0.05) is 40.2 Å².